The maximum Gasteiger partial charge on any atom is 0.195 e. The van der Waals surface area contributed by atoms with Crippen LogP contribution in [0.25, 0.3) is 10.9 Å². The van der Waals surface area contributed by atoms with Crippen LogP contribution in [0.15, 0.2) is 54.7 Å². The van der Waals surface area contributed by atoms with Gasteiger partial charge in [0, 0.05) is 39.8 Å². The van der Waals surface area contributed by atoms with E-state index in [9.17, 15) is 4.79 Å². The Morgan fingerprint density at radius 2 is 1.50 bits per heavy atom. The summed E-state index contributed by atoms with van der Waals surface area (Å²) < 4.78 is 2.25. The molecule has 2 nitrogen and oxygen atoms in total. The average Bonchev–Trinajstić information content (AvgIpc) is 3.09. The second-order valence-electron chi connectivity index (χ2n) is 7.56. The predicted octanol–water partition coefficient (Wildman–Crippen LogP) is 7.67. The molecule has 0 radical (unpaired) electrons. The first-order chi connectivity index (χ1) is 13.7. The molecule has 3 heteroatoms. The number of hydrogen-bond acceptors (Lipinski definition) is 1. The van der Waals surface area contributed by atoms with Crippen LogP contribution in [0.2, 0.25) is 5.02 Å². The van der Waals surface area contributed by atoms with Gasteiger partial charge >= 0.3 is 0 Å². The number of carbonyl (C=O) groups is 1. The minimum atomic E-state index is 0.0579. The molecule has 0 aliphatic rings. The Morgan fingerprint density at radius 3 is 2.21 bits per heavy atom. The summed E-state index contributed by atoms with van der Waals surface area (Å²) in [7, 11) is 0. The van der Waals surface area contributed by atoms with E-state index in [1.54, 1.807) is 24.3 Å². The van der Waals surface area contributed by atoms with Crippen LogP contribution in [-0.4, -0.2) is 10.4 Å². The average molecular weight is 396 g/mol. The van der Waals surface area contributed by atoms with Gasteiger partial charge in [-0.05, 0) is 36.8 Å². The van der Waals surface area contributed by atoms with Gasteiger partial charge in [0.25, 0.3) is 0 Å². The number of halogens is 1. The lowest BCUT2D eigenvalue weighted by Crippen LogP contribution is -2.01. The number of hydrogen-bond donors (Lipinski definition) is 0. The Labute approximate surface area is 173 Å². The fourth-order valence-electron chi connectivity index (χ4n) is 3.79. The first kappa shape index (κ1) is 20.7. The summed E-state index contributed by atoms with van der Waals surface area (Å²) in [5.74, 6) is 0.0579. The molecule has 0 N–H and O–H groups in total. The highest BCUT2D eigenvalue weighted by molar-refractivity contribution is 6.30. The van der Waals surface area contributed by atoms with Gasteiger partial charge in [0.15, 0.2) is 5.78 Å². The van der Waals surface area contributed by atoms with E-state index in [1.165, 1.54) is 44.9 Å². The van der Waals surface area contributed by atoms with Crippen LogP contribution < -0.4 is 0 Å². The minimum absolute atomic E-state index is 0.0579. The molecule has 0 aliphatic heterocycles. The highest BCUT2D eigenvalue weighted by Gasteiger charge is 2.16. The van der Waals surface area contributed by atoms with Crippen LogP contribution in [0.3, 0.4) is 0 Å². The molecule has 0 fully saturated rings. The van der Waals surface area contributed by atoms with E-state index in [2.05, 4.69) is 17.6 Å². The number of rotatable bonds is 11. The third-order valence-corrected chi connectivity index (χ3v) is 5.64. The molecular formula is C25H30ClNO. The van der Waals surface area contributed by atoms with Crippen molar-refractivity contribution in [3.8, 4) is 0 Å². The number of aryl methyl sites for hydroxylation is 1. The Balaban J connectivity index is 1.65. The number of fused-ring (bicyclic) bond motifs is 1. The van der Waals surface area contributed by atoms with E-state index in [4.69, 9.17) is 11.6 Å². The van der Waals surface area contributed by atoms with E-state index < -0.39 is 0 Å². The highest BCUT2D eigenvalue weighted by atomic mass is 35.5. The quantitative estimate of drug-likeness (QED) is 0.241. The molecule has 3 rings (SSSR count). The molecule has 0 atom stereocenters. The van der Waals surface area contributed by atoms with Crippen molar-refractivity contribution in [2.75, 3.05) is 0 Å². The molecule has 148 valence electrons. The van der Waals surface area contributed by atoms with Crippen LogP contribution >= 0.6 is 11.6 Å². The highest BCUT2D eigenvalue weighted by Crippen LogP contribution is 2.25. The predicted molar refractivity (Wildman–Crippen MR) is 119 cm³/mol. The fourth-order valence-corrected chi connectivity index (χ4v) is 3.91. The van der Waals surface area contributed by atoms with Crippen molar-refractivity contribution < 1.29 is 4.79 Å². The number of aromatic nitrogens is 1. The summed E-state index contributed by atoms with van der Waals surface area (Å²) in [6.07, 6.45) is 12.5. The zero-order valence-electron chi connectivity index (χ0n) is 16.8. The van der Waals surface area contributed by atoms with Crippen LogP contribution in [-0.2, 0) is 6.54 Å². The summed E-state index contributed by atoms with van der Waals surface area (Å²) in [5.41, 5.74) is 2.60. The molecular weight excluding hydrogens is 366 g/mol. The van der Waals surface area contributed by atoms with Gasteiger partial charge in [-0.1, -0.05) is 81.7 Å². The Morgan fingerprint density at radius 1 is 0.857 bits per heavy atom. The lowest BCUT2D eigenvalue weighted by atomic mass is 10.0. The van der Waals surface area contributed by atoms with Gasteiger partial charge in [-0.25, -0.2) is 0 Å². The fraction of sp³-hybridized carbons (Fsp3) is 0.400. The number of unbranched alkanes of at least 4 members (excludes halogenated alkanes) is 7. The second kappa shape index (κ2) is 10.5. The maximum atomic E-state index is 13.0. The standard InChI is InChI=1S/C25H30ClNO/c1-2-3-4-5-6-7-8-11-18-27-19-23(22-12-9-10-13-24(22)27)25(28)20-14-16-21(26)17-15-20/h9-10,12-17,19H,2-8,11,18H2,1H3. The second-order valence-corrected chi connectivity index (χ2v) is 8.00. The van der Waals surface area contributed by atoms with Gasteiger partial charge in [0.2, 0.25) is 0 Å². The largest absolute Gasteiger partial charge is 0.347 e. The molecule has 1 aromatic heterocycles. The van der Waals surface area contributed by atoms with Gasteiger partial charge in [0.05, 0.1) is 0 Å². The first-order valence-corrected chi connectivity index (χ1v) is 11.0. The maximum absolute atomic E-state index is 13.0. The Hall–Kier alpha value is -2.06. The topological polar surface area (TPSA) is 22.0 Å². The van der Waals surface area contributed by atoms with E-state index in [1.807, 2.05) is 24.4 Å². The number of ketones is 1. The normalized spacial score (nSPS) is 11.2. The molecule has 3 aromatic rings. The van der Waals surface area contributed by atoms with Gasteiger partial charge < -0.3 is 4.57 Å². The summed E-state index contributed by atoms with van der Waals surface area (Å²) in [6, 6.07) is 15.3. The summed E-state index contributed by atoms with van der Waals surface area (Å²) in [5, 5.41) is 1.68. The molecule has 0 saturated carbocycles. The van der Waals surface area contributed by atoms with E-state index in [0.29, 0.717) is 10.6 Å². The third kappa shape index (κ3) is 5.26. The minimum Gasteiger partial charge on any atom is -0.347 e. The van der Waals surface area contributed by atoms with Crippen molar-refractivity contribution in [2.45, 2.75) is 64.8 Å². The van der Waals surface area contributed by atoms with Gasteiger partial charge in [0.1, 0.15) is 0 Å². The molecule has 0 spiro atoms. The third-order valence-electron chi connectivity index (χ3n) is 5.39. The van der Waals surface area contributed by atoms with Crippen LogP contribution in [0.4, 0.5) is 0 Å². The van der Waals surface area contributed by atoms with E-state index >= 15 is 0 Å². The van der Waals surface area contributed by atoms with Crippen molar-refractivity contribution in [2.24, 2.45) is 0 Å². The molecule has 1 heterocycles. The summed E-state index contributed by atoms with van der Waals surface area (Å²) >= 11 is 5.96. The molecule has 0 bridgehead atoms. The van der Waals surface area contributed by atoms with Gasteiger partial charge in [-0.3, -0.25) is 4.79 Å². The molecule has 2 aromatic carbocycles. The zero-order chi connectivity index (χ0) is 19.8. The van der Waals surface area contributed by atoms with Crippen molar-refractivity contribution in [1.82, 2.24) is 4.57 Å². The summed E-state index contributed by atoms with van der Waals surface area (Å²) in [4.78, 5) is 13.0. The number of para-hydroxylation sites is 1. The molecule has 28 heavy (non-hydrogen) atoms. The molecule has 0 amide bonds. The SMILES string of the molecule is CCCCCCCCCCn1cc(C(=O)c2ccc(Cl)cc2)c2ccccc21. The number of nitrogens with zero attached hydrogens (tertiary/aromatic N) is 1. The molecule has 0 saturated heterocycles. The Bertz CT molecular complexity index is 895. The molecule has 0 aliphatic carbocycles. The van der Waals surface area contributed by atoms with Crippen LogP contribution in [0.5, 0.6) is 0 Å². The first-order valence-electron chi connectivity index (χ1n) is 10.6. The number of benzene rings is 2. The van der Waals surface area contributed by atoms with E-state index in [-0.39, 0.29) is 5.78 Å². The van der Waals surface area contributed by atoms with Crippen molar-refractivity contribution in [3.63, 3.8) is 0 Å². The molecule has 0 unspecified atom stereocenters. The van der Waals surface area contributed by atoms with Crippen LogP contribution in [0.1, 0.15) is 74.2 Å². The van der Waals surface area contributed by atoms with E-state index in [0.717, 1.165) is 29.4 Å². The Kier molecular flexibility index (Phi) is 7.73. The lowest BCUT2D eigenvalue weighted by molar-refractivity contribution is 0.104. The van der Waals surface area contributed by atoms with Crippen molar-refractivity contribution in [1.29, 1.82) is 0 Å². The number of carbonyl (C=O) groups excluding carboxylic acids is 1. The van der Waals surface area contributed by atoms with Crippen LogP contribution in [0, 0.1) is 0 Å². The summed E-state index contributed by atoms with van der Waals surface area (Å²) in [6.45, 7) is 3.22. The zero-order valence-corrected chi connectivity index (χ0v) is 17.5. The monoisotopic (exact) mass is 395 g/mol. The smallest absolute Gasteiger partial charge is 0.195 e. The van der Waals surface area contributed by atoms with Gasteiger partial charge in [-0.2, -0.15) is 0 Å². The van der Waals surface area contributed by atoms with Gasteiger partial charge in [-0.15, -0.1) is 0 Å². The lowest BCUT2D eigenvalue weighted by Gasteiger charge is -2.05. The van der Waals surface area contributed by atoms with Crippen molar-refractivity contribution in [3.05, 3.63) is 70.9 Å². The van der Waals surface area contributed by atoms with Crippen molar-refractivity contribution >= 4 is 28.3 Å².